The number of halogens is 1. The molecule has 5 rings (SSSR count). The van der Waals surface area contributed by atoms with Crippen molar-refractivity contribution in [2.45, 2.75) is 36.8 Å². The monoisotopic (exact) mass is 472 g/mol. The standard InChI is InChI=1S/C29H29ClN2O2/c1-34-28-25(18-22-9-5-6-10-26(22)32-28)27(21-11-13-23(30)14-12-21)29(33)15-16-31-24(19-29)17-20-7-3-2-4-8-20/h2-14,18,24,27,31,33H,15-17,19H2,1H3. The zero-order chi connectivity index (χ0) is 23.5. The fourth-order valence-corrected chi connectivity index (χ4v) is 5.44. The van der Waals surface area contributed by atoms with Crippen molar-refractivity contribution in [1.82, 2.24) is 10.3 Å². The summed E-state index contributed by atoms with van der Waals surface area (Å²) in [7, 11) is 1.64. The van der Waals surface area contributed by atoms with Gasteiger partial charge in [-0.2, -0.15) is 0 Å². The van der Waals surface area contributed by atoms with Crippen molar-refractivity contribution in [3.05, 3.63) is 107 Å². The minimum absolute atomic E-state index is 0.162. The van der Waals surface area contributed by atoms with Crippen molar-refractivity contribution >= 4 is 22.5 Å². The molecule has 3 aromatic carbocycles. The van der Waals surface area contributed by atoms with Gasteiger partial charge in [-0.25, -0.2) is 4.98 Å². The Morgan fingerprint density at radius 1 is 1.06 bits per heavy atom. The molecule has 0 spiro atoms. The summed E-state index contributed by atoms with van der Waals surface area (Å²) in [6.07, 6.45) is 2.11. The van der Waals surface area contributed by atoms with Crippen molar-refractivity contribution in [3.63, 3.8) is 0 Å². The minimum Gasteiger partial charge on any atom is -0.481 e. The number of para-hydroxylation sites is 1. The van der Waals surface area contributed by atoms with Gasteiger partial charge in [-0.05, 0) is 61.2 Å². The summed E-state index contributed by atoms with van der Waals surface area (Å²) in [6.45, 7) is 0.738. The maximum absolute atomic E-state index is 12.3. The first-order chi connectivity index (χ1) is 16.6. The van der Waals surface area contributed by atoms with Gasteiger partial charge in [-0.3, -0.25) is 0 Å². The summed E-state index contributed by atoms with van der Waals surface area (Å²) < 4.78 is 5.77. The lowest BCUT2D eigenvalue weighted by molar-refractivity contribution is -0.0191. The molecule has 0 bridgehead atoms. The summed E-state index contributed by atoms with van der Waals surface area (Å²) in [5, 5.41) is 17.6. The van der Waals surface area contributed by atoms with Crippen LogP contribution in [0, 0.1) is 0 Å². The Morgan fingerprint density at radius 2 is 1.79 bits per heavy atom. The Morgan fingerprint density at radius 3 is 2.56 bits per heavy atom. The second kappa shape index (κ2) is 9.75. The van der Waals surface area contributed by atoms with Crippen LogP contribution in [0.2, 0.25) is 5.02 Å². The van der Waals surface area contributed by atoms with Gasteiger partial charge in [0.2, 0.25) is 5.88 Å². The van der Waals surface area contributed by atoms with Crippen molar-refractivity contribution in [2.24, 2.45) is 0 Å². The number of rotatable bonds is 6. The molecule has 1 aliphatic rings. The average molecular weight is 473 g/mol. The summed E-state index contributed by atoms with van der Waals surface area (Å²) in [6, 6.07) is 28.5. The Kier molecular flexibility index (Phi) is 6.55. The molecule has 174 valence electrons. The molecule has 2 heterocycles. The van der Waals surface area contributed by atoms with Crippen LogP contribution in [0.25, 0.3) is 10.9 Å². The zero-order valence-electron chi connectivity index (χ0n) is 19.2. The first-order valence-electron chi connectivity index (χ1n) is 11.7. The van der Waals surface area contributed by atoms with Crippen molar-refractivity contribution in [1.29, 1.82) is 0 Å². The van der Waals surface area contributed by atoms with Gasteiger partial charge in [-0.1, -0.05) is 72.3 Å². The van der Waals surface area contributed by atoms with Gasteiger partial charge in [0.15, 0.2) is 0 Å². The van der Waals surface area contributed by atoms with E-state index in [0.29, 0.717) is 23.7 Å². The summed E-state index contributed by atoms with van der Waals surface area (Å²) in [4.78, 5) is 4.80. The predicted octanol–water partition coefficient (Wildman–Crippen LogP) is 5.75. The molecule has 3 unspecified atom stereocenters. The van der Waals surface area contributed by atoms with E-state index in [1.54, 1.807) is 7.11 Å². The van der Waals surface area contributed by atoms with Crippen LogP contribution in [0.1, 0.15) is 35.4 Å². The Labute approximate surface area is 205 Å². The summed E-state index contributed by atoms with van der Waals surface area (Å²) in [5.74, 6) is 0.238. The average Bonchev–Trinajstić information content (AvgIpc) is 2.85. The van der Waals surface area contributed by atoms with E-state index in [1.807, 2.05) is 48.5 Å². The van der Waals surface area contributed by atoms with Crippen LogP contribution in [-0.4, -0.2) is 35.4 Å². The quantitative estimate of drug-likeness (QED) is 0.375. The molecule has 1 aromatic heterocycles. The number of hydrogen-bond donors (Lipinski definition) is 2. The van der Waals surface area contributed by atoms with Crippen LogP contribution in [0.15, 0.2) is 84.9 Å². The molecule has 1 fully saturated rings. The summed E-state index contributed by atoms with van der Waals surface area (Å²) in [5.41, 5.74) is 3.05. The molecule has 3 atom stereocenters. The van der Waals surface area contributed by atoms with E-state index in [-0.39, 0.29) is 12.0 Å². The lowest BCUT2D eigenvalue weighted by atomic mass is 9.70. The Balaban J connectivity index is 1.59. The number of nitrogens with zero attached hydrogens (tertiary/aromatic N) is 1. The molecule has 34 heavy (non-hydrogen) atoms. The lowest BCUT2D eigenvalue weighted by Gasteiger charge is -2.43. The number of nitrogens with one attached hydrogen (secondary N) is 1. The molecule has 4 nitrogen and oxygen atoms in total. The molecule has 2 N–H and O–H groups in total. The van der Waals surface area contributed by atoms with E-state index >= 15 is 0 Å². The third kappa shape index (κ3) is 4.67. The van der Waals surface area contributed by atoms with Gasteiger partial charge >= 0.3 is 0 Å². The molecular formula is C29H29ClN2O2. The third-order valence-corrected chi connectivity index (χ3v) is 7.13. The fourth-order valence-electron chi connectivity index (χ4n) is 5.32. The second-order valence-corrected chi connectivity index (χ2v) is 9.60. The highest BCUT2D eigenvalue weighted by molar-refractivity contribution is 6.30. The number of methoxy groups -OCH3 is 1. The highest BCUT2D eigenvalue weighted by atomic mass is 35.5. The van der Waals surface area contributed by atoms with Gasteiger partial charge < -0.3 is 15.2 Å². The van der Waals surface area contributed by atoms with Crippen LogP contribution < -0.4 is 10.1 Å². The smallest absolute Gasteiger partial charge is 0.217 e. The van der Waals surface area contributed by atoms with Crippen LogP contribution in [0.4, 0.5) is 0 Å². The SMILES string of the molecule is COc1nc2ccccc2cc1C(c1ccc(Cl)cc1)C1(O)CCNC(Cc2ccccc2)C1. The first-order valence-corrected chi connectivity index (χ1v) is 12.1. The number of benzene rings is 3. The molecule has 5 heteroatoms. The van der Waals surface area contributed by atoms with Crippen LogP contribution in [0.3, 0.4) is 0 Å². The van der Waals surface area contributed by atoms with Crippen molar-refractivity contribution in [2.75, 3.05) is 13.7 Å². The maximum atomic E-state index is 12.3. The van der Waals surface area contributed by atoms with Crippen LogP contribution in [0.5, 0.6) is 5.88 Å². The number of aromatic nitrogens is 1. The van der Waals surface area contributed by atoms with E-state index in [9.17, 15) is 5.11 Å². The van der Waals surface area contributed by atoms with Gasteiger partial charge in [-0.15, -0.1) is 0 Å². The number of pyridine rings is 1. The van der Waals surface area contributed by atoms with Gasteiger partial charge in [0.05, 0.1) is 18.2 Å². The zero-order valence-corrected chi connectivity index (χ0v) is 20.0. The molecule has 1 aliphatic heterocycles. The largest absolute Gasteiger partial charge is 0.481 e. The van der Waals surface area contributed by atoms with Crippen molar-refractivity contribution in [3.8, 4) is 5.88 Å². The lowest BCUT2D eigenvalue weighted by Crippen LogP contribution is -2.52. The Hall–Kier alpha value is -2.92. The van der Waals surface area contributed by atoms with Gasteiger partial charge in [0, 0.05) is 27.9 Å². The molecular weight excluding hydrogens is 444 g/mol. The van der Waals surface area contributed by atoms with E-state index in [0.717, 1.165) is 35.0 Å². The minimum atomic E-state index is -0.976. The highest BCUT2D eigenvalue weighted by Gasteiger charge is 2.44. The number of hydrogen-bond acceptors (Lipinski definition) is 4. The molecule has 0 radical (unpaired) electrons. The number of ether oxygens (including phenoxy) is 1. The predicted molar refractivity (Wildman–Crippen MR) is 138 cm³/mol. The third-order valence-electron chi connectivity index (χ3n) is 6.88. The van der Waals surface area contributed by atoms with Crippen LogP contribution in [-0.2, 0) is 6.42 Å². The Bertz CT molecular complexity index is 1260. The van der Waals surface area contributed by atoms with Crippen molar-refractivity contribution < 1.29 is 9.84 Å². The number of aliphatic hydroxyl groups is 1. The summed E-state index contributed by atoms with van der Waals surface area (Å²) >= 11 is 6.22. The normalized spacial score (nSPS) is 21.3. The fraction of sp³-hybridized carbons (Fsp3) is 0.276. The van der Waals surface area contributed by atoms with E-state index in [1.165, 1.54) is 5.56 Å². The molecule has 0 amide bonds. The van der Waals surface area contributed by atoms with E-state index < -0.39 is 5.60 Å². The maximum Gasteiger partial charge on any atom is 0.217 e. The topological polar surface area (TPSA) is 54.4 Å². The van der Waals surface area contributed by atoms with E-state index in [4.69, 9.17) is 21.3 Å². The molecule has 1 saturated heterocycles. The number of piperidine rings is 1. The van der Waals surface area contributed by atoms with Crippen LogP contribution >= 0.6 is 11.6 Å². The molecule has 0 saturated carbocycles. The molecule has 4 aromatic rings. The van der Waals surface area contributed by atoms with E-state index in [2.05, 4.69) is 41.7 Å². The first kappa shape index (κ1) is 22.9. The van der Waals surface area contributed by atoms with Gasteiger partial charge in [0.25, 0.3) is 0 Å². The number of fused-ring (bicyclic) bond motifs is 1. The van der Waals surface area contributed by atoms with Gasteiger partial charge in [0.1, 0.15) is 0 Å². The molecule has 0 aliphatic carbocycles. The second-order valence-electron chi connectivity index (χ2n) is 9.16. The highest BCUT2D eigenvalue weighted by Crippen LogP contribution is 2.45.